The summed E-state index contributed by atoms with van der Waals surface area (Å²) in [5.41, 5.74) is 0. The molecule has 0 N–H and O–H groups in total. The Morgan fingerprint density at radius 2 is 2.08 bits per heavy atom. The number of Topliss-reactive ketones (excluding diaryl/α,β-unsaturated/α-hetero) is 1. The summed E-state index contributed by atoms with van der Waals surface area (Å²) < 4.78 is 0. The van der Waals surface area contributed by atoms with E-state index in [4.69, 9.17) is 0 Å². The lowest BCUT2D eigenvalue weighted by molar-refractivity contribution is -0.119. The zero-order chi connectivity index (χ0) is 8.81. The van der Waals surface area contributed by atoms with E-state index in [9.17, 15) is 4.79 Å². The number of hydrogen-bond acceptors (Lipinski definition) is 2. The Balaban J connectivity index is 2.08. The number of rotatable bonds is 5. The predicted molar refractivity (Wildman–Crippen MR) is 54.6 cm³/mol. The van der Waals surface area contributed by atoms with Crippen LogP contribution in [0.2, 0.25) is 0 Å². The summed E-state index contributed by atoms with van der Waals surface area (Å²) in [4.78, 5) is 11.3. The van der Waals surface area contributed by atoms with E-state index in [1.165, 1.54) is 25.7 Å². The highest BCUT2D eigenvalue weighted by Crippen LogP contribution is 2.27. The second-order valence-corrected chi connectivity index (χ2v) is 4.62. The Hall–Kier alpha value is 0.0200. The van der Waals surface area contributed by atoms with Crippen molar-refractivity contribution in [1.29, 1.82) is 0 Å². The first kappa shape index (κ1) is 10.1. The minimum Gasteiger partial charge on any atom is -0.300 e. The van der Waals surface area contributed by atoms with Crippen molar-refractivity contribution >= 4 is 17.5 Å². The summed E-state index contributed by atoms with van der Waals surface area (Å²) in [6, 6.07) is 0. The lowest BCUT2D eigenvalue weighted by Crippen LogP contribution is -2.05. The molecule has 12 heavy (non-hydrogen) atoms. The molecule has 0 aliphatic heterocycles. The molecule has 1 aliphatic rings. The van der Waals surface area contributed by atoms with E-state index < -0.39 is 0 Å². The van der Waals surface area contributed by atoms with Gasteiger partial charge in [-0.1, -0.05) is 25.7 Å². The van der Waals surface area contributed by atoms with Gasteiger partial charge in [0.1, 0.15) is 5.78 Å². The molecular formula is C10H18OS. The van der Waals surface area contributed by atoms with Crippen molar-refractivity contribution in [3.05, 3.63) is 0 Å². The van der Waals surface area contributed by atoms with Gasteiger partial charge in [0.25, 0.3) is 0 Å². The molecule has 1 saturated carbocycles. The van der Waals surface area contributed by atoms with Crippen LogP contribution in [0, 0.1) is 5.92 Å². The third kappa shape index (κ3) is 3.61. The summed E-state index contributed by atoms with van der Waals surface area (Å²) in [6.07, 6.45) is 9.00. The Morgan fingerprint density at radius 3 is 2.67 bits per heavy atom. The van der Waals surface area contributed by atoms with Crippen molar-refractivity contribution in [2.24, 2.45) is 5.92 Å². The van der Waals surface area contributed by atoms with Gasteiger partial charge in [0.15, 0.2) is 0 Å². The maximum absolute atomic E-state index is 11.3. The molecule has 0 unspecified atom stereocenters. The predicted octanol–water partition coefficient (Wildman–Crippen LogP) is 2.89. The van der Waals surface area contributed by atoms with Crippen molar-refractivity contribution < 1.29 is 4.79 Å². The van der Waals surface area contributed by atoms with Gasteiger partial charge in [-0.2, -0.15) is 11.8 Å². The fraction of sp³-hybridized carbons (Fsp3) is 0.900. The molecule has 0 bridgehead atoms. The third-order valence-electron chi connectivity index (χ3n) is 2.58. The molecule has 0 atom stereocenters. The highest BCUT2D eigenvalue weighted by atomic mass is 32.2. The molecule has 0 aromatic heterocycles. The van der Waals surface area contributed by atoms with E-state index in [2.05, 4.69) is 6.26 Å². The molecule has 1 fully saturated rings. The van der Waals surface area contributed by atoms with Gasteiger partial charge < -0.3 is 0 Å². The van der Waals surface area contributed by atoms with Crippen molar-refractivity contribution in [2.75, 3.05) is 12.0 Å². The first-order valence-corrected chi connectivity index (χ1v) is 6.23. The largest absolute Gasteiger partial charge is 0.300 e. The maximum Gasteiger partial charge on any atom is 0.134 e. The Labute approximate surface area is 79.3 Å². The van der Waals surface area contributed by atoms with E-state index in [1.54, 1.807) is 11.8 Å². The Morgan fingerprint density at radius 1 is 1.42 bits per heavy atom. The lowest BCUT2D eigenvalue weighted by Gasteiger charge is -2.06. The van der Waals surface area contributed by atoms with E-state index >= 15 is 0 Å². The van der Waals surface area contributed by atoms with Gasteiger partial charge >= 0.3 is 0 Å². The van der Waals surface area contributed by atoms with E-state index in [0.29, 0.717) is 5.78 Å². The monoisotopic (exact) mass is 186 g/mol. The van der Waals surface area contributed by atoms with Gasteiger partial charge in [-0.25, -0.2) is 0 Å². The molecule has 0 aromatic rings. The van der Waals surface area contributed by atoms with Crippen molar-refractivity contribution in [3.63, 3.8) is 0 Å². The molecule has 0 aromatic carbocycles. The molecule has 0 saturated heterocycles. The maximum atomic E-state index is 11.3. The van der Waals surface area contributed by atoms with Crippen LogP contribution in [-0.2, 0) is 4.79 Å². The zero-order valence-corrected chi connectivity index (χ0v) is 8.66. The fourth-order valence-corrected chi connectivity index (χ4v) is 2.29. The molecule has 2 heteroatoms. The SMILES string of the molecule is CSCCC(=O)CC1CCCC1. The molecular weight excluding hydrogens is 168 g/mol. The van der Waals surface area contributed by atoms with Gasteiger partial charge in [-0.3, -0.25) is 4.79 Å². The Kier molecular flexibility index (Phi) is 4.74. The quantitative estimate of drug-likeness (QED) is 0.656. The van der Waals surface area contributed by atoms with Gasteiger partial charge in [-0.15, -0.1) is 0 Å². The molecule has 0 spiro atoms. The molecule has 1 rings (SSSR count). The summed E-state index contributed by atoms with van der Waals surface area (Å²) >= 11 is 1.77. The standard InChI is InChI=1S/C10H18OS/c1-12-7-6-10(11)8-9-4-2-3-5-9/h9H,2-8H2,1H3. The second-order valence-electron chi connectivity index (χ2n) is 3.64. The summed E-state index contributed by atoms with van der Waals surface area (Å²) in [5, 5.41) is 0. The van der Waals surface area contributed by atoms with Crippen molar-refractivity contribution in [1.82, 2.24) is 0 Å². The van der Waals surface area contributed by atoms with Crippen LogP contribution in [0.15, 0.2) is 0 Å². The number of thioether (sulfide) groups is 1. The molecule has 0 heterocycles. The first-order chi connectivity index (χ1) is 5.83. The van der Waals surface area contributed by atoms with Gasteiger partial charge in [0.05, 0.1) is 0 Å². The van der Waals surface area contributed by atoms with E-state index in [0.717, 1.165) is 24.5 Å². The van der Waals surface area contributed by atoms with Crippen LogP contribution >= 0.6 is 11.8 Å². The smallest absolute Gasteiger partial charge is 0.134 e. The van der Waals surface area contributed by atoms with Crippen LogP contribution in [0.1, 0.15) is 38.5 Å². The van der Waals surface area contributed by atoms with Crippen molar-refractivity contribution in [3.8, 4) is 0 Å². The van der Waals surface area contributed by atoms with Crippen LogP contribution in [-0.4, -0.2) is 17.8 Å². The average molecular weight is 186 g/mol. The van der Waals surface area contributed by atoms with Crippen LogP contribution in [0.3, 0.4) is 0 Å². The Bertz CT molecular complexity index is 139. The highest BCUT2D eigenvalue weighted by molar-refractivity contribution is 7.98. The van der Waals surface area contributed by atoms with Gasteiger partial charge in [0.2, 0.25) is 0 Å². The highest BCUT2D eigenvalue weighted by Gasteiger charge is 2.17. The minimum atomic E-state index is 0.483. The molecule has 0 amide bonds. The normalized spacial score (nSPS) is 18.4. The topological polar surface area (TPSA) is 17.1 Å². The van der Waals surface area contributed by atoms with Crippen LogP contribution in [0.4, 0.5) is 0 Å². The number of hydrogen-bond donors (Lipinski definition) is 0. The average Bonchev–Trinajstić information content (AvgIpc) is 2.53. The summed E-state index contributed by atoms with van der Waals surface area (Å²) in [5.74, 6) is 2.22. The number of carbonyl (C=O) groups excluding carboxylic acids is 1. The summed E-state index contributed by atoms with van der Waals surface area (Å²) in [6.45, 7) is 0. The zero-order valence-electron chi connectivity index (χ0n) is 7.84. The first-order valence-electron chi connectivity index (χ1n) is 4.83. The minimum absolute atomic E-state index is 0.483. The fourth-order valence-electron chi connectivity index (χ4n) is 1.85. The van der Waals surface area contributed by atoms with E-state index in [-0.39, 0.29) is 0 Å². The molecule has 1 nitrogen and oxygen atoms in total. The van der Waals surface area contributed by atoms with Crippen LogP contribution < -0.4 is 0 Å². The van der Waals surface area contributed by atoms with Crippen LogP contribution in [0.5, 0.6) is 0 Å². The molecule has 1 aliphatic carbocycles. The second kappa shape index (κ2) is 5.63. The van der Waals surface area contributed by atoms with Crippen LogP contribution in [0.25, 0.3) is 0 Å². The van der Waals surface area contributed by atoms with Gasteiger partial charge in [0, 0.05) is 12.8 Å². The lowest BCUT2D eigenvalue weighted by atomic mass is 10.0. The molecule has 70 valence electrons. The van der Waals surface area contributed by atoms with Crippen molar-refractivity contribution in [2.45, 2.75) is 38.5 Å². The summed E-state index contributed by atoms with van der Waals surface area (Å²) in [7, 11) is 0. The molecule has 0 radical (unpaired) electrons. The number of ketones is 1. The number of carbonyl (C=O) groups is 1. The third-order valence-corrected chi connectivity index (χ3v) is 3.19. The van der Waals surface area contributed by atoms with Gasteiger partial charge in [-0.05, 0) is 17.9 Å². The van der Waals surface area contributed by atoms with E-state index in [1.807, 2.05) is 0 Å².